The number of rotatable bonds is 9. The third-order valence-electron chi connectivity index (χ3n) is 8.02. The fourth-order valence-electron chi connectivity index (χ4n) is 6.00. The molecule has 3 aliphatic heterocycles. The first kappa shape index (κ1) is 27.0. The van der Waals surface area contributed by atoms with E-state index in [0.717, 1.165) is 80.4 Å². The number of anilines is 2. The van der Waals surface area contributed by atoms with Gasteiger partial charge in [0, 0.05) is 75.6 Å². The number of piperazine rings is 1. The van der Waals surface area contributed by atoms with E-state index in [1.165, 1.54) is 10.9 Å². The Labute approximate surface area is 235 Å². The van der Waals surface area contributed by atoms with Crippen molar-refractivity contribution >= 4 is 22.3 Å². The number of fused-ring (bicyclic) bond motifs is 2. The lowest BCUT2D eigenvalue weighted by Crippen LogP contribution is -2.45. The van der Waals surface area contributed by atoms with Crippen LogP contribution < -0.4 is 24.6 Å². The number of hydrogen-bond donors (Lipinski definition) is 1. The van der Waals surface area contributed by atoms with Gasteiger partial charge in [0.1, 0.15) is 24.3 Å². The summed E-state index contributed by atoms with van der Waals surface area (Å²) in [4.78, 5) is 16.7. The van der Waals surface area contributed by atoms with Gasteiger partial charge >= 0.3 is 6.01 Å². The van der Waals surface area contributed by atoms with Gasteiger partial charge in [0.05, 0.1) is 12.2 Å². The van der Waals surface area contributed by atoms with E-state index < -0.39 is 6.17 Å². The highest BCUT2D eigenvalue weighted by atomic mass is 19.1. The summed E-state index contributed by atoms with van der Waals surface area (Å²) in [5.74, 6) is 1.77. The number of ether oxygens (including phenoxy) is 3. The fourth-order valence-corrected chi connectivity index (χ4v) is 6.00. The van der Waals surface area contributed by atoms with Crippen LogP contribution in [0.15, 0.2) is 36.4 Å². The van der Waals surface area contributed by atoms with Crippen LogP contribution in [0.1, 0.15) is 24.1 Å². The van der Waals surface area contributed by atoms with Crippen LogP contribution in [0.2, 0.25) is 0 Å². The van der Waals surface area contributed by atoms with E-state index in [0.29, 0.717) is 38.7 Å². The van der Waals surface area contributed by atoms with Gasteiger partial charge in [-0.05, 0) is 37.3 Å². The van der Waals surface area contributed by atoms with Crippen LogP contribution in [0.4, 0.5) is 15.9 Å². The number of hydrogen-bond acceptors (Lipinski definition) is 9. The lowest BCUT2D eigenvalue weighted by atomic mass is 10.0. The standard InChI is InChI=1S/C30H39FN6O3/c1-38-21-40-24-17-22-5-2-3-7-25(22)28(18-24)37-12-8-26-27(20-37)33-30(34-29(26)36-13-9-32-10-14-36)39-16-15-35-11-4-6-23(31)19-35/h2-3,5,7,17-18,23,32H,4,6,8-16,19-21H2,1H3/t23-/m1/s1. The Morgan fingerprint density at radius 3 is 2.75 bits per heavy atom. The summed E-state index contributed by atoms with van der Waals surface area (Å²) in [5.41, 5.74) is 3.32. The Kier molecular flexibility index (Phi) is 8.45. The molecule has 0 saturated carbocycles. The van der Waals surface area contributed by atoms with E-state index in [2.05, 4.69) is 50.3 Å². The smallest absolute Gasteiger partial charge is 0.318 e. The second-order valence-corrected chi connectivity index (χ2v) is 10.8. The second-order valence-electron chi connectivity index (χ2n) is 10.8. The SMILES string of the molecule is COCOc1cc(N2CCc3c(nc(OCCN4CCC[C@@H](F)C4)nc3N3CCNCC3)C2)c2ccccc2c1. The van der Waals surface area contributed by atoms with Crippen molar-refractivity contribution in [3.63, 3.8) is 0 Å². The van der Waals surface area contributed by atoms with Gasteiger partial charge in [-0.25, -0.2) is 4.39 Å². The minimum absolute atomic E-state index is 0.200. The highest BCUT2D eigenvalue weighted by Crippen LogP contribution is 2.36. The van der Waals surface area contributed by atoms with Crippen molar-refractivity contribution in [2.45, 2.75) is 32.0 Å². The molecule has 0 spiro atoms. The molecule has 10 heteroatoms. The van der Waals surface area contributed by atoms with Crippen molar-refractivity contribution < 1.29 is 18.6 Å². The zero-order valence-electron chi connectivity index (χ0n) is 23.3. The Bertz CT molecular complexity index is 1300. The van der Waals surface area contributed by atoms with Crippen molar-refractivity contribution in [1.82, 2.24) is 20.2 Å². The number of benzene rings is 2. The van der Waals surface area contributed by atoms with Crippen molar-refractivity contribution in [3.05, 3.63) is 47.7 Å². The molecule has 0 amide bonds. The third kappa shape index (κ3) is 6.09. The molecule has 2 saturated heterocycles. The number of methoxy groups -OCH3 is 1. The predicted octanol–water partition coefficient (Wildman–Crippen LogP) is 3.40. The van der Waals surface area contributed by atoms with Gasteiger partial charge < -0.3 is 29.3 Å². The number of nitrogens with one attached hydrogen (secondary N) is 1. The van der Waals surface area contributed by atoms with Crippen LogP contribution in [0.3, 0.4) is 0 Å². The second kappa shape index (κ2) is 12.5. The van der Waals surface area contributed by atoms with E-state index >= 15 is 0 Å². The van der Waals surface area contributed by atoms with Gasteiger partial charge in [-0.1, -0.05) is 24.3 Å². The van der Waals surface area contributed by atoms with Crippen LogP contribution in [0, 0.1) is 0 Å². The monoisotopic (exact) mass is 550 g/mol. The van der Waals surface area contributed by atoms with Crippen LogP contribution in [-0.2, 0) is 17.7 Å². The summed E-state index contributed by atoms with van der Waals surface area (Å²) in [7, 11) is 1.63. The van der Waals surface area contributed by atoms with Crippen molar-refractivity contribution in [2.24, 2.45) is 0 Å². The first-order chi connectivity index (χ1) is 19.7. The maximum Gasteiger partial charge on any atom is 0.318 e. The van der Waals surface area contributed by atoms with E-state index in [9.17, 15) is 4.39 Å². The topological polar surface area (TPSA) is 75.2 Å². The van der Waals surface area contributed by atoms with Crippen LogP contribution in [-0.4, -0.2) is 93.9 Å². The Hall–Kier alpha value is -3.21. The van der Waals surface area contributed by atoms with E-state index in [4.69, 9.17) is 24.2 Å². The summed E-state index contributed by atoms with van der Waals surface area (Å²) < 4.78 is 31.0. The lowest BCUT2D eigenvalue weighted by Gasteiger charge is -2.35. The quantitative estimate of drug-likeness (QED) is 0.404. The van der Waals surface area contributed by atoms with Crippen molar-refractivity contribution in [2.75, 3.05) is 82.7 Å². The summed E-state index contributed by atoms with van der Waals surface area (Å²) in [6, 6.07) is 12.9. The first-order valence-electron chi connectivity index (χ1n) is 14.4. The summed E-state index contributed by atoms with van der Waals surface area (Å²) in [6.07, 6.45) is 1.66. The normalized spacial score (nSPS) is 20.0. The number of likely N-dealkylation sites (tertiary alicyclic amines) is 1. The molecule has 3 aliphatic rings. The molecule has 214 valence electrons. The Morgan fingerprint density at radius 1 is 1.02 bits per heavy atom. The highest BCUT2D eigenvalue weighted by Gasteiger charge is 2.28. The molecule has 0 unspecified atom stereocenters. The van der Waals surface area contributed by atoms with Crippen LogP contribution in [0.5, 0.6) is 11.8 Å². The van der Waals surface area contributed by atoms with E-state index in [1.807, 2.05) is 6.07 Å². The number of piperidine rings is 1. The third-order valence-corrected chi connectivity index (χ3v) is 8.02. The molecule has 9 nitrogen and oxygen atoms in total. The number of alkyl halides is 1. The Balaban J connectivity index is 1.27. The minimum Gasteiger partial charge on any atom is -0.467 e. The van der Waals surface area contributed by atoms with Gasteiger partial charge in [0.2, 0.25) is 0 Å². The van der Waals surface area contributed by atoms with Crippen LogP contribution >= 0.6 is 0 Å². The summed E-state index contributed by atoms with van der Waals surface area (Å²) >= 11 is 0. The average Bonchev–Trinajstić information content (AvgIpc) is 2.99. The van der Waals surface area contributed by atoms with Gasteiger partial charge in [-0.15, -0.1) is 0 Å². The predicted molar refractivity (Wildman–Crippen MR) is 154 cm³/mol. The molecule has 0 aliphatic carbocycles. The van der Waals surface area contributed by atoms with Crippen molar-refractivity contribution in [3.8, 4) is 11.8 Å². The first-order valence-corrected chi connectivity index (χ1v) is 14.4. The van der Waals surface area contributed by atoms with Gasteiger partial charge in [0.15, 0.2) is 6.79 Å². The molecule has 6 rings (SSSR count). The molecule has 1 N–H and O–H groups in total. The molecular formula is C30H39FN6O3. The molecule has 2 aromatic carbocycles. The molecule has 1 atom stereocenters. The van der Waals surface area contributed by atoms with E-state index in [-0.39, 0.29) is 6.79 Å². The fraction of sp³-hybridized carbons (Fsp3) is 0.533. The minimum atomic E-state index is -0.742. The largest absolute Gasteiger partial charge is 0.467 e. The molecule has 0 radical (unpaired) electrons. The zero-order valence-corrected chi connectivity index (χ0v) is 23.3. The molecule has 0 bridgehead atoms. The number of halogens is 1. The number of aromatic nitrogens is 2. The molecular weight excluding hydrogens is 511 g/mol. The zero-order chi connectivity index (χ0) is 27.3. The molecule has 4 heterocycles. The highest BCUT2D eigenvalue weighted by molar-refractivity contribution is 5.95. The maximum atomic E-state index is 13.9. The molecule has 2 fully saturated rings. The maximum absolute atomic E-state index is 13.9. The Morgan fingerprint density at radius 2 is 1.90 bits per heavy atom. The lowest BCUT2D eigenvalue weighted by molar-refractivity contribution is 0.0512. The number of nitrogens with zero attached hydrogens (tertiary/aromatic N) is 5. The average molecular weight is 551 g/mol. The van der Waals surface area contributed by atoms with Gasteiger partial charge in [-0.2, -0.15) is 9.97 Å². The molecule has 3 aromatic rings. The van der Waals surface area contributed by atoms with Gasteiger partial charge in [0.25, 0.3) is 0 Å². The van der Waals surface area contributed by atoms with Crippen molar-refractivity contribution in [1.29, 1.82) is 0 Å². The summed E-state index contributed by atoms with van der Waals surface area (Å²) in [6.45, 7) is 7.90. The molecule has 1 aromatic heterocycles. The summed E-state index contributed by atoms with van der Waals surface area (Å²) in [5, 5.41) is 5.74. The van der Waals surface area contributed by atoms with E-state index in [1.54, 1.807) is 7.11 Å². The molecule has 40 heavy (non-hydrogen) atoms. The van der Waals surface area contributed by atoms with Gasteiger partial charge in [-0.3, -0.25) is 4.90 Å². The van der Waals surface area contributed by atoms with Crippen LogP contribution in [0.25, 0.3) is 10.8 Å².